The fourth-order valence-corrected chi connectivity index (χ4v) is 3.41. The number of anilines is 2. The molecule has 34 heavy (non-hydrogen) atoms. The minimum Gasteiger partial charge on any atom is -0.432 e. The molecule has 0 radical (unpaired) electrons. The minimum absolute atomic E-state index is 0.285. The molecule has 1 N–H and O–H groups in total. The number of oxazole rings is 1. The van der Waals surface area contributed by atoms with E-state index in [1.165, 1.54) is 6.26 Å². The third-order valence-electron chi connectivity index (χ3n) is 4.98. The van der Waals surface area contributed by atoms with Crippen LogP contribution in [0.15, 0.2) is 47.7 Å². The Morgan fingerprint density at radius 3 is 2.35 bits per heavy atom. The highest BCUT2D eigenvalue weighted by Gasteiger charge is 2.20. The van der Waals surface area contributed by atoms with Crippen molar-refractivity contribution in [1.82, 2.24) is 38.9 Å². The summed E-state index contributed by atoms with van der Waals surface area (Å²) in [5.41, 5.74) is 3.69. The van der Waals surface area contributed by atoms with Crippen LogP contribution in [0.3, 0.4) is 0 Å². The van der Waals surface area contributed by atoms with E-state index in [1.807, 2.05) is 75.6 Å². The molecule has 0 spiro atoms. The first-order valence-electron chi connectivity index (χ1n) is 11.6. The number of rotatable bonds is 5. The first-order valence-corrected chi connectivity index (χ1v) is 11.6. The number of fused-ring (bicyclic) bond motifs is 1. The lowest BCUT2D eigenvalue weighted by molar-refractivity contribution is 0.534. The fourth-order valence-electron chi connectivity index (χ4n) is 3.41. The monoisotopic (exact) mass is 463 g/mol. The molecule has 0 unspecified atom stereocenters. The van der Waals surface area contributed by atoms with Crippen LogP contribution >= 0.6 is 0 Å². The predicted molar refractivity (Wildman–Crippen MR) is 134 cm³/mol. The van der Waals surface area contributed by atoms with Crippen LogP contribution in [0.5, 0.6) is 0 Å². The summed E-state index contributed by atoms with van der Waals surface area (Å²) >= 11 is 0. The van der Waals surface area contributed by atoms with Crippen molar-refractivity contribution in [3.8, 4) is 22.9 Å². The molecule has 5 aromatic heterocycles. The Balaban J connectivity index is 0.000000771. The van der Waals surface area contributed by atoms with E-state index in [9.17, 15) is 0 Å². The van der Waals surface area contributed by atoms with E-state index < -0.39 is 0 Å². The number of aromatic nitrogens is 8. The van der Waals surface area contributed by atoms with Crippen molar-refractivity contribution >= 4 is 17.3 Å². The normalized spacial score (nSPS) is 10.6. The fraction of sp³-hybridized carbons (Fsp3) is 0.375. The van der Waals surface area contributed by atoms with Crippen molar-refractivity contribution in [2.45, 2.75) is 54.5 Å². The van der Waals surface area contributed by atoms with Crippen LogP contribution in [0.25, 0.3) is 28.4 Å². The Bertz CT molecular complexity index is 1330. The van der Waals surface area contributed by atoms with Gasteiger partial charge in [0.25, 0.3) is 6.01 Å². The first-order chi connectivity index (χ1) is 16.5. The zero-order valence-corrected chi connectivity index (χ0v) is 21.1. The lowest BCUT2D eigenvalue weighted by Gasteiger charge is -2.08. The zero-order chi connectivity index (χ0) is 24.8. The number of hydrogen-bond acceptors (Lipinski definition) is 7. The molecular formula is C24H33N9O. The molecule has 0 saturated carbocycles. The Morgan fingerprint density at radius 2 is 1.76 bits per heavy atom. The maximum atomic E-state index is 5.37. The summed E-state index contributed by atoms with van der Waals surface area (Å²) in [6.07, 6.45) is 10.6. The van der Waals surface area contributed by atoms with Gasteiger partial charge >= 0.3 is 0 Å². The van der Waals surface area contributed by atoms with Crippen molar-refractivity contribution in [3.05, 3.63) is 48.9 Å². The third kappa shape index (κ3) is 4.70. The summed E-state index contributed by atoms with van der Waals surface area (Å²) in [6.45, 7) is 14.2. The lowest BCUT2D eigenvalue weighted by atomic mass is 10.1. The quantitative estimate of drug-likeness (QED) is 0.358. The van der Waals surface area contributed by atoms with E-state index in [0.29, 0.717) is 23.5 Å². The Hall–Kier alpha value is -3.95. The average Bonchev–Trinajstić information content (AvgIpc) is 3.64. The topological polar surface area (TPSA) is 104 Å². The maximum absolute atomic E-state index is 5.37. The molecule has 0 aliphatic heterocycles. The molecule has 0 atom stereocenters. The second-order valence-corrected chi connectivity index (χ2v) is 7.34. The van der Waals surface area contributed by atoms with E-state index >= 15 is 0 Å². The van der Waals surface area contributed by atoms with Crippen LogP contribution in [-0.2, 0) is 7.05 Å². The van der Waals surface area contributed by atoms with Gasteiger partial charge in [-0.2, -0.15) is 5.10 Å². The van der Waals surface area contributed by atoms with Crippen LogP contribution in [0.1, 0.15) is 53.1 Å². The van der Waals surface area contributed by atoms with Crippen molar-refractivity contribution < 1.29 is 4.42 Å². The zero-order valence-electron chi connectivity index (χ0n) is 21.1. The number of nitrogens with one attached hydrogen (secondary N) is 1. The van der Waals surface area contributed by atoms with Gasteiger partial charge in [0.1, 0.15) is 11.8 Å². The standard InChI is InChI=1S/C20H21N9O.2C2H6/c1-12(2)28-8-5-15(25-28)14-11-29-16(13(14)3)17(24-20-22-7-10-30-20)23-18(26-29)19-21-6-9-27(19)4;2*1-2/h5-12H,1-4H3,(H,22,23,24,26);2*1-2H3. The second kappa shape index (κ2) is 10.8. The van der Waals surface area contributed by atoms with Gasteiger partial charge < -0.3 is 8.98 Å². The maximum Gasteiger partial charge on any atom is 0.300 e. The summed E-state index contributed by atoms with van der Waals surface area (Å²) in [7, 11) is 1.90. The Morgan fingerprint density at radius 1 is 1.00 bits per heavy atom. The summed E-state index contributed by atoms with van der Waals surface area (Å²) < 4.78 is 11.0. The van der Waals surface area contributed by atoms with E-state index in [4.69, 9.17) is 19.6 Å². The number of nitrogens with zero attached hydrogens (tertiary/aromatic N) is 8. The molecule has 0 aliphatic rings. The van der Waals surface area contributed by atoms with Gasteiger partial charge in [0.2, 0.25) is 5.82 Å². The molecule has 180 valence electrons. The SMILES string of the molecule is CC.CC.Cc1c(-c2ccn(C(C)C)n2)cn2nc(-c3nccn3C)nc(Nc3ncco3)c12. The van der Waals surface area contributed by atoms with Crippen molar-refractivity contribution in [2.24, 2.45) is 7.05 Å². The smallest absolute Gasteiger partial charge is 0.300 e. The van der Waals surface area contributed by atoms with Crippen LogP contribution in [0, 0.1) is 6.92 Å². The largest absolute Gasteiger partial charge is 0.432 e. The molecule has 0 fully saturated rings. The molecule has 0 amide bonds. The van der Waals surface area contributed by atoms with Gasteiger partial charge in [-0.3, -0.25) is 10.00 Å². The molecule has 0 aliphatic carbocycles. The van der Waals surface area contributed by atoms with Gasteiger partial charge in [-0.25, -0.2) is 19.5 Å². The number of aryl methyl sites for hydroxylation is 2. The molecular weight excluding hydrogens is 430 g/mol. The molecule has 10 nitrogen and oxygen atoms in total. The second-order valence-electron chi connectivity index (χ2n) is 7.34. The first kappa shape index (κ1) is 24.7. The summed E-state index contributed by atoms with van der Waals surface area (Å²) in [6, 6.07) is 2.65. The van der Waals surface area contributed by atoms with Gasteiger partial charge in [0.15, 0.2) is 11.6 Å². The van der Waals surface area contributed by atoms with Crippen LogP contribution in [-0.4, -0.2) is 38.9 Å². The number of imidazole rings is 1. The van der Waals surface area contributed by atoms with Gasteiger partial charge in [0.05, 0.1) is 11.9 Å². The van der Waals surface area contributed by atoms with Gasteiger partial charge in [-0.05, 0) is 32.4 Å². The van der Waals surface area contributed by atoms with E-state index in [1.54, 1.807) is 16.9 Å². The van der Waals surface area contributed by atoms with Crippen molar-refractivity contribution in [2.75, 3.05) is 5.32 Å². The molecule has 5 rings (SSSR count). The number of hydrogen-bond donors (Lipinski definition) is 1. The highest BCUT2D eigenvalue weighted by Crippen LogP contribution is 2.32. The van der Waals surface area contributed by atoms with Crippen molar-refractivity contribution in [1.29, 1.82) is 0 Å². The van der Waals surface area contributed by atoms with Gasteiger partial charge in [-0.15, -0.1) is 5.10 Å². The van der Waals surface area contributed by atoms with Gasteiger partial charge in [0, 0.05) is 43.4 Å². The molecule has 10 heteroatoms. The van der Waals surface area contributed by atoms with E-state index in [2.05, 4.69) is 29.1 Å². The third-order valence-corrected chi connectivity index (χ3v) is 4.98. The highest BCUT2D eigenvalue weighted by molar-refractivity contribution is 5.83. The van der Waals surface area contributed by atoms with Gasteiger partial charge in [-0.1, -0.05) is 27.7 Å². The van der Waals surface area contributed by atoms with Crippen LogP contribution in [0.4, 0.5) is 11.8 Å². The minimum atomic E-state index is 0.285. The van der Waals surface area contributed by atoms with Crippen LogP contribution in [0.2, 0.25) is 0 Å². The molecule has 0 saturated heterocycles. The lowest BCUT2D eigenvalue weighted by Crippen LogP contribution is -2.06. The molecule has 0 aromatic carbocycles. The summed E-state index contributed by atoms with van der Waals surface area (Å²) in [4.78, 5) is 13.3. The van der Waals surface area contributed by atoms with E-state index in [0.717, 1.165) is 22.3 Å². The molecule has 5 heterocycles. The summed E-state index contributed by atoms with van der Waals surface area (Å²) in [5.74, 6) is 1.72. The summed E-state index contributed by atoms with van der Waals surface area (Å²) in [5, 5.41) is 12.6. The predicted octanol–water partition coefficient (Wildman–Crippen LogP) is 5.67. The van der Waals surface area contributed by atoms with Crippen LogP contribution < -0.4 is 5.32 Å². The molecule has 0 bridgehead atoms. The highest BCUT2D eigenvalue weighted by atomic mass is 16.4. The Labute approximate surface area is 199 Å². The van der Waals surface area contributed by atoms with Crippen molar-refractivity contribution in [3.63, 3.8) is 0 Å². The Kier molecular flexibility index (Phi) is 7.83. The van der Waals surface area contributed by atoms with E-state index in [-0.39, 0.29) is 6.04 Å². The molecule has 5 aromatic rings. The average molecular weight is 464 g/mol.